The van der Waals surface area contributed by atoms with Gasteiger partial charge < -0.3 is 14.8 Å². The second kappa shape index (κ2) is 7.39. The Labute approximate surface area is 109 Å². The van der Waals surface area contributed by atoms with Crippen molar-refractivity contribution < 1.29 is 9.47 Å². The summed E-state index contributed by atoms with van der Waals surface area (Å²) < 4.78 is 10.9. The molecule has 1 aliphatic carbocycles. The van der Waals surface area contributed by atoms with Gasteiger partial charge in [0.1, 0.15) is 5.75 Å². The highest BCUT2D eigenvalue weighted by atomic mass is 16.5. The van der Waals surface area contributed by atoms with E-state index in [1.165, 1.54) is 18.4 Å². The average Bonchev–Trinajstić information content (AvgIpc) is 3.22. The summed E-state index contributed by atoms with van der Waals surface area (Å²) in [6, 6.07) is 9.12. The summed E-state index contributed by atoms with van der Waals surface area (Å²) >= 11 is 0. The van der Waals surface area contributed by atoms with Crippen LogP contribution in [0.1, 0.15) is 31.7 Å². The molecule has 0 amide bonds. The zero-order chi connectivity index (χ0) is 12.6. The van der Waals surface area contributed by atoms with Crippen molar-refractivity contribution in [3.8, 4) is 5.75 Å². The highest BCUT2D eigenvalue weighted by molar-refractivity contribution is 5.27. The lowest BCUT2D eigenvalue weighted by molar-refractivity contribution is 0.131. The molecule has 0 saturated heterocycles. The molecule has 0 aromatic heterocycles. The van der Waals surface area contributed by atoms with Crippen LogP contribution >= 0.6 is 0 Å². The zero-order valence-corrected chi connectivity index (χ0v) is 11.2. The van der Waals surface area contributed by atoms with Crippen LogP contribution in [0.4, 0.5) is 0 Å². The summed E-state index contributed by atoms with van der Waals surface area (Å²) in [6.07, 6.45) is 3.61. The highest BCUT2D eigenvalue weighted by Gasteiger charge is 2.19. The fourth-order valence-electron chi connectivity index (χ4n) is 1.75. The van der Waals surface area contributed by atoms with Crippen molar-refractivity contribution in [1.29, 1.82) is 0 Å². The van der Waals surface area contributed by atoms with E-state index < -0.39 is 0 Å². The van der Waals surface area contributed by atoms with Crippen molar-refractivity contribution >= 4 is 0 Å². The van der Waals surface area contributed by atoms with Gasteiger partial charge in [0.05, 0.1) is 6.61 Å². The molecule has 0 unspecified atom stereocenters. The van der Waals surface area contributed by atoms with Crippen LogP contribution in [0.15, 0.2) is 24.3 Å². The van der Waals surface area contributed by atoms with E-state index in [1.807, 2.05) is 19.1 Å². The summed E-state index contributed by atoms with van der Waals surface area (Å²) in [5.74, 6) is 0.946. The van der Waals surface area contributed by atoms with Crippen LogP contribution in [0.25, 0.3) is 0 Å². The molecule has 0 bridgehead atoms. The summed E-state index contributed by atoms with van der Waals surface area (Å²) in [5, 5.41) is 3.50. The van der Waals surface area contributed by atoms with Crippen LogP contribution in [0.2, 0.25) is 0 Å². The fourth-order valence-corrected chi connectivity index (χ4v) is 1.75. The van der Waals surface area contributed by atoms with Crippen LogP contribution in [-0.4, -0.2) is 25.9 Å². The van der Waals surface area contributed by atoms with Gasteiger partial charge in [-0.2, -0.15) is 0 Å². The number of benzene rings is 1. The van der Waals surface area contributed by atoms with Crippen LogP contribution in [0, 0.1) is 0 Å². The molecule has 3 nitrogen and oxygen atoms in total. The number of ether oxygens (including phenoxy) is 2. The second-order valence-electron chi connectivity index (χ2n) is 4.70. The van der Waals surface area contributed by atoms with Gasteiger partial charge in [0.2, 0.25) is 0 Å². The smallest absolute Gasteiger partial charge is 0.119 e. The minimum atomic E-state index is 0.722. The third-order valence-electron chi connectivity index (χ3n) is 3.00. The molecule has 3 heteroatoms. The van der Waals surface area contributed by atoms with Gasteiger partial charge in [-0.15, -0.1) is 0 Å². The summed E-state index contributed by atoms with van der Waals surface area (Å²) in [6.45, 7) is 5.26. The monoisotopic (exact) mass is 249 g/mol. The van der Waals surface area contributed by atoms with E-state index in [1.54, 1.807) is 0 Å². The second-order valence-corrected chi connectivity index (χ2v) is 4.70. The highest BCUT2D eigenvalue weighted by Crippen LogP contribution is 2.19. The van der Waals surface area contributed by atoms with E-state index in [4.69, 9.17) is 9.47 Å². The average molecular weight is 249 g/mol. The summed E-state index contributed by atoms with van der Waals surface area (Å²) in [7, 11) is 0. The standard InChI is InChI=1S/C15H23NO2/c1-2-17-10-3-11-18-15-8-4-13(5-9-15)12-16-14-6-7-14/h4-5,8-9,14,16H,2-3,6-7,10-12H2,1H3. The Bertz CT molecular complexity index is 333. The number of rotatable bonds is 9. The van der Waals surface area contributed by atoms with Gasteiger partial charge in [0.15, 0.2) is 0 Å². The lowest BCUT2D eigenvalue weighted by atomic mass is 10.2. The molecular weight excluding hydrogens is 226 g/mol. The molecule has 1 aromatic rings. The van der Waals surface area contributed by atoms with Crippen LogP contribution in [0.5, 0.6) is 5.75 Å². The van der Waals surface area contributed by atoms with E-state index >= 15 is 0 Å². The molecule has 2 rings (SSSR count). The predicted octanol–water partition coefficient (Wildman–Crippen LogP) is 2.74. The first-order valence-electron chi connectivity index (χ1n) is 6.91. The number of hydrogen-bond donors (Lipinski definition) is 1. The molecule has 0 spiro atoms. The first-order valence-corrected chi connectivity index (χ1v) is 6.91. The first-order chi connectivity index (χ1) is 8.88. The molecule has 1 aliphatic rings. The lowest BCUT2D eigenvalue weighted by Gasteiger charge is -2.08. The van der Waals surface area contributed by atoms with Crippen molar-refractivity contribution in [2.75, 3.05) is 19.8 Å². The largest absolute Gasteiger partial charge is 0.494 e. The molecule has 0 aliphatic heterocycles. The predicted molar refractivity (Wildman–Crippen MR) is 72.9 cm³/mol. The molecule has 100 valence electrons. The van der Waals surface area contributed by atoms with Gasteiger partial charge in [0.25, 0.3) is 0 Å². The third kappa shape index (κ3) is 5.07. The van der Waals surface area contributed by atoms with Crippen molar-refractivity contribution in [3.05, 3.63) is 29.8 Å². The van der Waals surface area contributed by atoms with E-state index in [-0.39, 0.29) is 0 Å². The molecule has 1 aromatic carbocycles. The Hall–Kier alpha value is -1.06. The number of hydrogen-bond acceptors (Lipinski definition) is 3. The van der Waals surface area contributed by atoms with E-state index in [9.17, 15) is 0 Å². The summed E-state index contributed by atoms with van der Waals surface area (Å²) in [4.78, 5) is 0. The minimum absolute atomic E-state index is 0.722. The van der Waals surface area contributed by atoms with Crippen LogP contribution in [-0.2, 0) is 11.3 Å². The zero-order valence-electron chi connectivity index (χ0n) is 11.2. The maximum atomic E-state index is 5.65. The molecule has 0 atom stereocenters. The molecule has 18 heavy (non-hydrogen) atoms. The molecule has 0 heterocycles. The van der Waals surface area contributed by atoms with Crippen molar-refractivity contribution in [3.63, 3.8) is 0 Å². The molecule has 1 N–H and O–H groups in total. The van der Waals surface area contributed by atoms with Gasteiger partial charge in [-0.05, 0) is 37.5 Å². The molecule has 1 fully saturated rings. The first kappa shape index (κ1) is 13.4. The summed E-state index contributed by atoms with van der Waals surface area (Å²) in [5.41, 5.74) is 1.32. The van der Waals surface area contributed by atoms with Gasteiger partial charge in [-0.3, -0.25) is 0 Å². The van der Waals surface area contributed by atoms with Gasteiger partial charge in [-0.25, -0.2) is 0 Å². The minimum Gasteiger partial charge on any atom is -0.494 e. The van der Waals surface area contributed by atoms with E-state index in [2.05, 4.69) is 17.4 Å². The van der Waals surface area contributed by atoms with Crippen LogP contribution in [0.3, 0.4) is 0 Å². The quantitative estimate of drug-likeness (QED) is 0.683. The third-order valence-corrected chi connectivity index (χ3v) is 3.00. The Morgan fingerprint density at radius 3 is 2.61 bits per heavy atom. The fraction of sp³-hybridized carbons (Fsp3) is 0.600. The normalized spacial score (nSPS) is 14.7. The topological polar surface area (TPSA) is 30.5 Å². The Morgan fingerprint density at radius 1 is 1.17 bits per heavy atom. The van der Waals surface area contributed by atoms with E-state index in [0.29, 0.717) is 0 Å². The Balaban J connectivity index is 1.63. The van der Waals surface area contributed by atoms with Gasteiger partial charge >= 0.3 is 0 Å². The Morgan fingerprint density at radius 2 is 1.94 bits per heavy atom. The lowest BCUT2D eigenvalue weighted by Crippen LogP contribution is -2.15. The number of nitrogens with one attached hydrogen (secondary N) is 1. The SMILES string of the molecule is CCOCCCOc1ccc(CNC2CC2)cc1. The van der Waals surface area contributed by atoms with Gasteiger partial charge in [0, 0.05) is 32.2 Å². The molecular formula is C15H23NO2. The molecule has 1 saturated carbocycles. The van der Waals surface area contributed by atoms with Crippen LogP contribution < -0.4 is 10.1 Å². The van der Waals surface area contributed by atoms with Crippen molar-refractivity contribution in [1.82, 2.24) is 5.32 Å². The maximum Gasteiger partial charge on any atom is 0.119 e. The van der Waals surface area contributed by atoms with Crippen molar-refractivity contribution in [2.24, 2.45) is 0 Å². The van der Waals surface area contributed by atoms with E-state index in [0.717, 1.165) is 44.6 Å². The maximum absolute atomic E-state index is 5.65. The Kier molecular flexibility index (Phi) is 5.49. The van der Waals surface area contributed by atoms with Gasteiger partial charge in [-0.1, -0.05) is 12.1 Å². The molecule has 0 radical (unpaired) electrons. The van der Waals surface area contributed by atoms with Crippen molar-refractivity contribution in [2.45, 2.75) is 38.8 Å².